The zero-order chi connectivity index (χ0) is 20.2. The molecule has 0 fully saturated rings. The number of carbonyl (C=O) groups is 1. The number of ether oxygens (including phenoxy) is 2. The summed E-state index contributed by atoms with van der Waals surface area (Å²) in [7, 11) is 1.56. The van der Waals surface area contributed by atoms with Gasteiger partial charge in [-0.25, -0.2) is 4.79 Å². The van der Waals surface area contributed by atoms with Crippen LogP contribution >= 0.6 is 23.2 Å². The fraction of sp³-hybridized carbons (Fsp3) is 0.200. The SMILES string of the molecule is COc1ccc2c(c1-c1ccc(Cl)cc1Cl)OC(C)(C)c1c(C(=O)O)n[nH]c1-2. The minimum Gasteiger partial charge on any atom is -0.496 e. The van der Waals surface area contributed by atoms with Crippen molar-refractivity contribution in [2.75, 3.05) is 7.11 Å². The Kier molecular flexibility index (Phi) is 4.28. The van der Waals surface area contributed by atoms with E-state index in [1.165, 1.54) is 0 Å². The average molecular weight is 419 g/mol. The number of methoxy groups -OCH3 is 1. The third kappa shape index (κ3) is 2.72. The lowest BCUT2D eigenvalue weighted by atomic mass is 9.87. The zero-order valence-corrected chi connectivity index (χ0v) is 16.8. The van der Waals surface area contributed by atoms with Crippen molar-refractivity contribution >= 4 is 29.2 Å². The maximum absolute atomic E-state index is 11.6. The van der Waals surface area contributed by atoms with Crippen LogP contribution in [0.2, 0.25) is 10.0 Å². The van der Waals surface area contributed by atoms with E-state index in [0.29, 0.717) is 49.5 Å². The molecule has 2 aromatic carbocycles. The highest BCUT2D eigenvalue weighted by molar-refractivity contribution is 6.36. The van der Waals surface area contributed by atoms with Crippen LogP contribution in [0.5, 0.6) is 11.5 Å². The van der Waals surface area contributed by atoms with Gasteiger partial charge < -0.3 is 14.6 Å². The van der Waals surface area contributed by atoms with Gasteiger partial charge in [-0.1, -0.05) is 29.3 Å². The zero-order valence-electron chi connectivity index (χ0n) is 15.3. The summed E-state index contributed by atoms with van der Waals surface area (Å²) in [6.45, 7) is 3.59. The number of hydrogen-bond donors (Lipinski definition) is 2. The summed E-state index contributed by atoms with van der Waals surface area (Å²) in [6, 6.07) is 8.77. The molecule has 2 heterocycles. The summed E-state index contributed by atoms with van der Waals surface area (Å²) >= 11 is 12.5. The van der Waals surface area contributed by atoms with E-state index in [4.69, 9.17) is 32.7 Å². The van der Waals surface area contributed by atoms with E-state index in [1.807, 2.05) is 0 Å². The van der Waals surface area contributed by atoms with Crippen LogP contribution in [0, 0.1) is 0 Å². The molecule has 0 bridgehead atoms. The normalized spacial score (nSPS) is 14.0. The molecular weight excluding hydrogens is 403 g/mol. The summed E-state index contributed by atoms with van der Waals surface area (Å²) in [5.74, 6) is -0.0195. The molecule has 0 radical (unpaired) electrons. The second kappa shape index (κ2) is 6.43. The Balaban J connectivity index is 2.06. The van der Waals surface area contributed by atoms with Crippen LogP contribution in [-0.4, -0.2) is 28.4 Å². The van der Waals surface area contributed by atoms with Gasteiger partial charge in [0, 0.05) is 16.1 Å². The van der Waals surface area contributed by atoms with Gasteiger partial charge in [0.2, 0.25) is 0 Å². The average Bonchev–Trinajstić information content (AvgIpc) is 3.08. The number of halogens is 2. The smallest absolute Gasteiger partial charge is 0.356 e. The van der Waals surface area contributed by atoms with Crippen LogP contribution in [0.3, 0.4) is 0 Å². The number of H-pyrrole nitrogens is 1. The molecule has 0 saturated carbocycles. The highest BCUT2D eigenvalue weighted by Crippen LogP contribution is 2.53. The summed E-state index contributed by atoms with van der Waals surface area (Å²) in [4.78, 5) is 11.6. The van der Waals surface area contributed by atoms with Crippen LogP contribution in [0.25, 0.3) is 22.4 Å². The molecule has 2 N–H and O–H groups in total. The van der Waals surface area contributed by atoms with Gasteiger partial charge in [0.1, 0.15) is 17.1 Å². The standard InChI is InChI=1S/C20H16Cl2N2O4/c1-20(2)15-16(23-24-17(15)19(25)26)11-6-7-13(27-3)14(18(11)28-20)10-5-4-9(21)8-12(10)22/h4-8H,1-3H3,(H,23,24)(H,25,26). The fourth-order valence-electron chi connectivity index (χ4n) is 3.57. The molecule has 8 heteroatoms. The molecule has 4 rings (SSSR count). The molecule has 0 saturated heterocycles. The Morgan fingerprint density at radius 1 is 1.21 bits per heavy atom. The monoisotopic (exact) mass is 418 g/mol. The number of fused-ring (bicyclic) bond motifs is 3. The molecule has 28 heavy (non-hydrogen) atoms. The Hall–Kier alpha value is -2.70. The van der Waals surface area contributed by atoms with Gasteiger partial charge in [0.25, 0.3) is 0 Å². The van der Waals surface area contributed by atoms with Crippen molar-refractivity contribution in [2.24, 2.45) is 0 Å². The van der Waals surface area contributed by atoms with E-state index in [-0.39, 0.29) is 5.69 Å². The number of carboxylic acid groups (broad SMARTS) is 1. The minimum atomic E-state index is -1.12. The van der Waals surface area contributed by atoms with Crippen molar-refractivity contribution in [1.29, 1.82) is 0 Å². The van der Waals surface area contributed by atoms with Gasteiger partial charge >= 0.3 is 5.97 Å². The lowest BCUT2D eigenvalue weighted by Crippen LogP contribution is -2.31. The van der Waals surface area contributed by atoms with Gasteiger partial charge in [-0.15, -0.1) is 0 Å². The number of aromatic nitrogens is 2. The first-order valence-electron chi connectivity index (χ1n) is 8.42. The molecule has 1 aliphatic rings. The first kappa shape index (κ1) is 18.7. The summed E-state index contributed by atoms with van der Waals surface area (Å²) in [6.07, 6.45) is 0. The summed E-state index contributed by atoms with van der Waals surface area (Å²) < 4.78 is 11.9. The number of nitrogens with one attached hydrogen (secondary N) is 1. The van der Waals surface area contributed by atoms with Crippen molar-refractivity contribution in [3.63, 3.8) is 0 Å². The van der Waals surface area contributed by atoms with Gasteiger partial charge in [0.15, 0.2) is 5.69 Å². The number of aromatic carboxylic acids is 1. The maximum Gasteiger partial charge on any atom is 0.356 e. The molecule has 0 amide bonds. The van der Waals surface area contributed by atoms with Crippen LogP contribution in [-0.2, 0) is 5.60 Å². The summed E-state index contributed by atoms with van der Waals surface area (Å²) in [5, 5.41) is 17.3. The van der Waals surface area contributed by atoms with Crippen molar-refractivity contribution < 1.29 is 19.4 Å². The van der Waals surface area contributed by atoms with E-state index in [0.717, 1.165) is 0 Å². The first-order chi connectivity index (χ1) is 13.2. The Labute approximate surface area is 171 Å². The topological polar surface area (TPSA) is 84.4 Å². The molecule has 0 aliphatic carbocycles. The molecule has 144 valence electrons. The Morgan fingerprint density at radius 2 is 1.93 bits per heavy atom. The third-order valence-electron chi connectivity index (χ3n) is 4.74. The molecule has 0 spiro atoms. The molecular formula is C20H16Cl2N2O4. The van der Waals surface area contributed by atoms with Gasteiger partial charge in [-0.2, -0.15) is 5.10 Å². The third-order valence-corrected chi connectivity index (χ3v) is 5.29. The van der Waals surface area contributed by atoms with Crippen molar-refractivity contribution in [2.45, 2.75) is 19.4 Å². The number of carboxylic acids is 1. The molecule has 1 aliphatic heterocycles. The van der Waals surface area contributed by atoms with E-state index >= 15 is 0 Å². The number of nitrogens with zero attached hydrogens (tertiary/aromatic N) is 1. The molecule has 3 aromatic rings. The minimum absolute atomic E-state index is 0.0625. The van der Waals surface area contributed by atoms with Crippen LogP contribution in [0.4, 0.5) is 0 Å². The van der Waals surface area contributed by atoms with Crippen LogP contribution in [0.1, 0.15) is 29.9 Å². The summed E-state index contributed by atoms with van der Waals surface area (Å²) in [5.41, 5.74) is 2.11. The van der Waals surface area contributed by atoms with Crippen molar-refractivity contribution in [1.82, 2.24) is 10.2 Å². The molecule has 1 aromatic heterocycles. The van der Waals surface area contributed by atoms with E-state index in [2.05, 4.69) is 10.2 Å². The highest BCUT2D eigenvalue weighted by atomic mass is 35.5. The predicted octanol–water partition coefficient (Wildman–Crippen LogP) is 5.38. The Bertz CT molecular complexity index is 1120. The lowest BCUT2D eigenvalue weighted by Gasteiger charge is -2.34. The molecule has 0 unspecified atom stereocenters. The first-order valence-corrected chi connectivity index (χ1v) is 9.18. The Morgan fingerprint density at radius 3 is 2.57 bits per heavy atom. The van der Waals surface area contributed by atoms with Gasteiger partial charge in [-0.3, -0.25) is 5.10 Å². The second-order valence-corrected chi connectivity index (χ2v) is 7.73. The molecule has 0 atom stereocenters. The number of benzene rings is 2. The van der Waals surface area contributed by atoms with Gasteiger partial charge in [0.05, 0.1) is 29.0 Å². The lowest BCUT2D eigenvalue weighted by molar-refractivity contribution is 0.0665. The van der Waals surface area contributed by atoms with Crippen molar-refractivity contribution in [3.8, 4) is 33.9 Å². The van der Waals surface area contributed by atoms with Gasteiger partial charge in [-0.05, 0) is 38.1 Å². The van der Waals surface area contributed by atoms with Crippen LogP contribution in [0.15, 0.2) is 30.3 Å². The maximum atomic E-state index is 11.6. The number of rotatable bonds is 3. The van der Waals surface area contributed by atoms with E-state index in [1.54, 1.807) is 51.3 Å². The van der Waals surface area contributed by atoms with E-state index < -0.39 is 11.6 Å². The highest BCUT2D eigenvalue weighted by Gasteiger charge is 2.41. The number of aromatic amines is 1. The number of hydrogen-bond acceptors (Lipinski definition) is 4. The van der Waals surface area contributed by atoms with Crippen LogP contribution < -0.4 is 9.47 Å². The fourth-order valence-corrected chi connectivity index (χ4v) is 4.07. The predicted molar refractivity (Wildman–Crippen MR) is 107 cm³/mol. The van der Waals surface area contributed by atoms with Crippen molar-refractivity contribution in [3.05, 3.63) is 51.6 Å². The quantitative estimate of drug-likeness (QED) is 0.595. The largest absolute Gasteiger partial charge is 0.496 e. The second-order valence-electron chi connectivity index (χ2n) is 6.88. The van der Waals surface area contributed by atoms with E-state index in [9.17, 15) is 9.90 Å². The molecule has 6 nitrogen and oxygen atoms in total.